The van der Waals surface area contributed by atoms with Gasteiger partial charge >= 0.3 is 0 Å². The molecule has 7 heteroatoms. The van der Waals surface area contributed by atoms with Gasteiger partial charge in [0.1, 0.15) is 0 Å². The quantitative estimate of drug-likeness (QED) is 0.711. The smallest absolute Gasteiger partial charge is 0.261 e. The van der Waals surface area contributed by atoms with Crippen LogP contribution in [0.15, 0.2) is 48.5 Å². The summed E-state index contributed by atoms with van der Waals surface area (Å²) in [5.74, 6) is -0.217. The molecule has 160 valence electrons. The second-order valence-corrected chi connectivity index (χ2v) is 8.18. The first-order valence-electron chi connectivity index (χ1n) is 10.7. The number of hydrogen-bond donors (Lipinski definition) is 0. The fourth-order valence-electron chi connectivity index (χ4n) is 4.52. The summed E-state index contributed by atoms with van der Waals surface area (Å²) in [7, 11) is 0. The number of benzene rings is 2. The average Bonchev–Trinajstić information content (AvgIpc) is 3.44. The minimum absolute atomic E-state index is 0.000936. The number of likely N-dealkylation sites (tertiary alicyclic amines) is 1. The fourth-order valence-corrected chi connectivity index (χ4v) is 4.52. The van der Waals surface area contributed by atoms with Crippen molar-refractivity contribution < 1.29 is 23.9 Å². The Bertz CT molecular complexity index is 970. The third kappa shape index (κ3) is 3.75. The van der Waals surface area contributed by atoms with E-state index < -0.39 is 0 Å². The van der Waals surface area contributed by atoms with Gasteiger partial charge in [0.15, 0.2) is 6.29 Å². The van der Waals surface area contributed by atoms with Gasteiger partial charge in [0.05, 0.1) is 30.9 Å². The van der Waals surface area contributed by atoms with Gasteiger partial charge in [-0.2, -0.15) is 0 Å². The van der Waals surface area contributed by atoms with Crippen LogP contribution in [0, 0.1) is 5.92 Å². The van der Waals surface area contributed by atoms with Crippen LogP contribution in [-0.2, 0) is 16.0 Å². The molecule has 2 fully saturated rings. The normalized spacial score (nSPS) is 19.9. The summed E-state index contributed by atoms with van der Waals surface area (Å²) in [4.78, 5) is 41.1. The summed E-state index contributed by atoms with van der Waals surface area (Å²) in [6.07, 6.45) is 1.61. The van der Waals surface area contributed by atoms with Crippen molar-refractivity contribution in [1.29, 1.82) is 0 Å². The van der Waals surface area contributed by atoms with Crippen molar-refractivity contribution in [1.82, 2.24) is 9.80 Å². The first-order chi connectivity index (χ1) is 15.1. The van der Waals surface area contributed by atoms with Crippen molar-refractivity contribution in [3.05, 3.63) is 70.8 Å². The summed E-state index contributed by atoms with van der Waals surface area (Å²) >= 11 is 0. The van der Waals surface area contributed by atoms with E-state index in [2.05, 4.69) is 0 Å². The van der Waals surface area contributed by atoms with E-state index in [0.29, 0.717) is 48.9 Å². The number of amides is 3. The number of imide groups is 1. The lowest BCUT2D eigenvalue weighted by molar-refractivity contribution is -0.0956. The van der Waals surface area contributed by atoms with Gasteiger partial charge in [-0.1, -0.05) is 24.3 Å². The maximum absolute atomic E-state index is 12.9. The zero-order chi connectivity index (χ0) is 21.4. The van der Waals surface area contributed by atoms with Crippen LogP contribution in [0.1, 0.15) is 49.5 Å². The number of carbonyl (C=O) groups excluding carboxylic acids is 3. The van der Waals surface area contributed by atoms with Crippen LogP contribution in [0.5, 0.6) is 0 Å². The molecule has 0 radical (unpaired) electrons. The van der Waals surface area contributed by atoms with Crippen molar-refractivity contribution in [2.24, 2.45) is 5.92 Å². The lowest BCUT2D eigenvalue weighted by atomic mass is 9.95. The van der Waals surface area contributed by atoms with Crippen LogP contribution in [-0.4, -0.2) is 60.1 Å². The van der Waals surface area contributed by atoms with Crippen LogP contribution in [0.4, 0.5) is 0 Å². The SMILES string of the molecule is O=C(c1ccc(CN2C(=O)c3ccccc3C2=O)cc1)N1CCC(C2OCCO2)CC1. The first-order valence-corrected chi connectivity index (χ1v) is 10.7. The Kier molecular flexibility index (Phi) is 5.29. The van der Waals surface area contributed by atoms with Gasteiger partial charge in [-0.05, 0) is 42.7 Å². The molecule has 0 unspecified atom stereocenters. The lowest BCUT2D eigenvalue weighted by Gasteiger charge is -2.33. The van der Waals surface area contributed by atoms with Gasteiger partial charge in [-0.15, -0.1) is 0 Å². The summed E-state index contributed by atoms with van der Waals surface area (Å²) in [5.41, 5.74) is 2.30. The number of fused-ring (bicyclic) bond motifs is 1. The zero-order valence-corrected chi connectivity index (χ0v) is 17.2. The Hall–Kier alpha value is -3.03. The average molecular weight is 420 g/mol. The predicted octanol–water partition coefficient (Wildman–Crippen LogP) is 2.71. The van der Waals surface area contributed by atoms with Gasteiger partial charge in [0, 0.05) is 24.6 Å². The molecule has 0 atom stereocenters. The fraction of sp³-hybridized carbons (Fsp3) is 0.375. The Labute approximate surface area is 180 Å². The van der Waals surface area contributed by atoms with Crippen molar-refractivity contribution in [3.8, 4) is 0 Å². The number of nitrogens with zero attached hydrogens (tertiary/aromatic N) is 2. The van der Waals surface area contributed by atoms with Crippen molar-refractivity contribution in [3.63, 3.8) is 0 Å². The molecule has 0 aliphatic carbocycles. The molecule has 5 rings (SSSR count). The minimum atomic E-state index is -0.279. The predicted molar refractivity (Wildman–Crippen MR) is 111 cm³/mol. The Morgan fingerprint density at radius 1 is 0.871 bits per heavy atom. The standard InChI is InChI=1S/C24H24N2O5/c27-21(25-11-9-18(10-12-25)24-30-13-14-31-24)17-7-5-16(6-8-17)15-26-22(28)19-3-1-2-4-20(19)23(26)29/h1-8,18,24H,9-15H2. The number of hydrogen-bond acceptors (Lipinski definition) is 5. The van der Waals surface area contributed by atoms with Crippen LogP contribution in [0.25, 0.3) is 0 Å². The van der Waals surface area contributed by atoms with Gasteiger partial charge in [-0.3, -0.25) is 19.3 Å². The van der Waals surface area contributed by atoms with Gasteiger partial charge in [0.25, 0.3) is 17.7 Å². The van der Waals surface area contributed by atoms with E-state index in [9.17, 15) is 14.4 Å². The molecule has 0 bridgehead atoms. The van der Waals surface area contributed by atoms with Crippen LogP contribution in [0.3, 0.4) is 0 Å². The summed E-state index contributed by atoms with van der Waals surface area (Å²) in [6.45, 7) is 2.86. The second-order valence-electron chi connectivity index (χ2n) is 8.18. The Morgan fingerprint density at radius 3 is 2.03 bits per heavy atom. The number of carbonyl (C=O) groups is 3. The van der Waals surface area contributed by atoms with Crippen molar-refractivity contribution in [2.75, 3.05) is 26.3 Å². The molecule has 0 N–H and O–H groups in total. The molecule has 2 aromatic carbocycles. The highest BCUT2D eigenvalue weighted by atomic mass is 16.7. The van der Waals surface area contributed by atoms with E-state index in [-0.39, 0.29) is 30.6 Å². The van der Waals surface area contributed by atoms with E-state index in [1.54, 1.807) is 36.4 Å². The Balaban J connectivity index is 1.20. The monoisotopic (exact) mass is 420 g/mol. The summed E-state index contributed by atoms with van der Waals surface area (Å²) in [6, 6.07) is 14.0. The lowest BCUT2D eigenvalue weighted by Crippen LogP contribution is -2.41. The minimum Gasteiger partial charge on any atom is -0.350 e. The molecule has 3 amide bonds. The summed E-state index contributed by atoms with van der Waals surface area (Å²) in [5, 5.41) is 0. The molecule has 0 aromatic heterocycles. The summed E-state index contributed by atoms with van der Waals surface area (Å²) < 4.78 is 11.2. The van der Waals surface area contributed by atoms with E-state index in [0.717, 1.165) is 18.4 Å². The van der Waals surface area contributed by atoms with Crippen LogP contribution < -0.4 is 0 Å². The molecular formula is C24H24N2O5. The van der Waals surface area contributed by atoms with E-state index in [4.69, 9.17) is 9.47 Å². The molecule has 3 heterocycles. The molecule has 3 aliphatic heterocycles. The van der Waals surface area contributed by atoms with Crippen LogP contribution >= 0.6 is 0 Å². The second kappa shape index (κ2) is 8.24. The molecule has 31 heavy (non-hydrogen) atoms. The topological polar surface area (TPSA) is 76.2 Å². The van der Waals surface area contributed by atoms with Crippen LogP contribution in [0.2, 0.25) is 0 Å². The Morgan fingerprint density at radius 2 is 1.45 bits per heavy atom. The van der Waals surface area contributed by atoms with Gasteiger partial charge < -0.3 is 14.4 Å². The van der Waals surface area contributed by atoms with E-state index in [1.165, 1.54) is 4.90 Å². The number of rotatable bonds is 4. The largest absolute Gasteiger partial charge is 0.350 e. The van der Waals surface area contributed by atoms with Gasteiger partial charge in [0.2, 0.25) is 0 Å². The van der Waals surface area contributed by atoms with E-state index >= 15 is 0 Å². The number of piperidine rings is 1. The maximum atomic E-state index is 12.9. The highest BCUT2D eigenvalue weighted by Crippen LogP contribution is 2.27. The molecule has 0 saturated carbocycles. The molecule has 3 aliphatic rings. The highest BCUT2D eigenvalue weighted by Gasteiger charge is 2.35. The van der Waals surface area contributed by atoms with Crippen molar-refractivity contribution in [2.45, 2.75) is 25.7 Å². The highest BCUT2D eigenvalue weighted by molar-refractivity contribution is 6.21. The molecule has 2 saturated heterocycles. The number of ether oxygens (including phenoxy) is 2. The first kappa shape index (κ1) is 19.9. The molecular weight excluding hydrogens is 396 g/mol. The zero-order valence-electron chi connectivity index (χ0n) is 17.2. The maximum Gasteiger partial charge on any atom is 0.261 e. The van der Waals surface area contributed by atoms with Crippen molar-refractivity contribution >= 4 is 17.7 Å². The van der Waals surface area contributed by atoms with Gasteiger partial charge in [-0.25, -0.2) is 0 Å². The molecule has 2 aromatic rings. The molecule has 7 nitrogen and oxygen atoms in total. The third-order valence-corrected chi connectivity index (χ3v) is 6.28. The van der Waals surface area contributed by atoms with E-state index in [1.807, 2.05) is 17.0 Å². The third-order valence-electron chi connectivity index (χ3n) is 6.28. The molecule has 0 spiro atoms.